The summed E-state index contributed by atoms with van der Waals surface area (Å²) in [6, 6.07) is 7.05. The highest BCUT2D eigenvalue weighted by atomic mass is 16.5. The van der Waals surface area contributed by atoms with Crippen molar-refractivity contribution in [2.24, 2.45) is 0 Å². The lowest BCUT2D eigenvalue weighted by Crippen LogP contribution is -2.45. The van der Waals surface area contributed by atoms with Crippen LogP contribution < -0.4 is 15.0 Å². The molecule has 3 atom stereocenters. The molecule has 4 heteroatoms. The van der Waals surface area contributed by atoms with Crippen molar-refractivity contribution in [3.8, 4) is 5.75 Å². The molecule has 0 radical (unpaired) electrons. The molecule has 1 aliphatic heterocycles. The number of nitrogens with one attached hydrogen (secondary N) is 1. The van der Waals surface area contributed by atoms with Gasteiger partial charge in [-0.3, -0.25) is 0 Å². The van der Waals surface area contributed by atoms with E-state index in [2.05, 4.69) is 56.1 Å². The Labute approximate surface area is 134 Å². The number of nitrogens with zero attached hydrogens (tertiary/aromatic N) is 1. The number of morpholine rings is 1. The first-order valence-electron chi connectivity index (χ1n) is 8.34. The molecule has 124 valence electrons. The van der Waals surface area contributed by atoms with Crippen molar-refractivity contribution < 1.29 is 9.47 Å². The molecule has 0 saturated carbocycles. The second kappa shape index (κ2) is 7.84. The molecule has 1 aromatic carbocycles. The minimum absolute atomic E-state index is 0.250. The highest BCUT2D eigenvalue weighted by Gasteiger charge is 2.24. The number of ether oxygens (including phenoxy) is 2. The van der Waals surface area contributed by atoms with Crippen LogP contribution in [0.4, 0.5) is 5.69 Å². The second-order valence-electron chi connectivity index (χ2n) is 6.36. The van der Waals surface area contributed by atoms with Gasteiger partial charge in [-0.2, -0.15) is 0 Å². The van der Waals surface area contributed by atoms with E-state index in [1.807, 2.05) is 0 Å². The van der Waals surface area contributed by atoms with E-state index >= 15 is 0 Å². The summed E-state index contributed by atoms with van der Waals surface area (Å²) in [6.07, 6.45) is 1.64. The normalized spacial score (nSPS) is 23.4. The summed E-state index contributed by atoms with van der Waals surface area (Å²) in [5.74, 6) is 0.949. The fraction of sp³-hybridized carbons (Fsp3) is 0.667. The van der Waals surface area contributed by atoms with E-state index in [1.165, 1.54) is 5.56 Å². The maximum Gasteiger partial charge on any atom is 0.142 e. The molecule has 0 bridgehead atoms. The summed E-state index contributed by atoms with van der Waals surface area (Å²) in [7, 11) is 1.75. The Morgan fingerprint density at radius 3 is 2.59 bits per heavy atom. The lowest BCUT2D eigenvalue weighted by molar-refractivity contribution is -0.00532. The third-order valence-corrected chi connectivity index (χ3v) is 4.27. The lowest BCUT2D eigenvalue weighted by atomic mass is 10.1. The summed E-state index contributed by atoms with van der Waals surface area (Å²) in [5, 5.41) is 3.52. The van der Waals surface area contributed by atoms with Crippen molar-refractivity contribution in [1.29, 1.82) is 0 Å². The van der Waals surface area contributed by atoms with E-state index in [9.17, 15) is 0 Å². The highest BCUT2D eigenvalue weighted by Crippen LogP contribution is 2.31. The van der Waals surface area contributed by atoms with Crippen LogP contribution in [0, 0.1) is 0 Å². The summed E-state index contributed by atoms with van der Waals surface area (Å²) in [6.45, 7) is 11.3. The smallest absolute Gasteiger partial charge is 0.142 e. The van der Waals surface area contributed by atoms with Crippen LogP contribution >= 0.6 is 0 Å². The van der Waals surface area contributed by atoms with Crippen molar-refractivity contribution >= 4 is 5.69 Å². The van der Waals surface area contributed by atoms with E-state index in [-0.39, 0.29) is 12.2 Å². The minimum Gasteiger partial charge on any atom is -0.495 e. The summed E-state index contributed by atoms with van der Waals surface area (Å²) < 4.78 is 11.5. The van der Waals surface area contributed by atoms with Crippen LogP contribution in [-0.2, 0) is 11.3 Å². The monoisotopic (exact) mass is 306 g/mol. The van der Waals surface area contributed by atoms with E-state index in [4.69, 9.17) is 9.47 Å². The standard InChI is InChI=1S/C18H30N2O2/c1-6-13(2)19-10-16-7-8-17(18(9-16)21-5)20-11-14(3)22-15(4)12-20/h7-9,13-15,19H,6,10-12H2,1-5H3. The minimum atomic E-state index is 0.250. The van der Waals surface area contributed by atoms with Crippen molar-refractivity contribution in [3.05, 3.63) is 23.8 Å². The predicted octanol–water partition coefficient (Wildman–Crippen LogP) is 3.20. The number of benzene rings is 1. The Kier molecular flexibility index (Phi) is 6.09. The van der Waals surface area contributed by atoms with Gasteiger partial charge < -0.3 is 19.7 Å². The van der Waals surface area contributed by atoms with Crippen molar-refractivity contribution in [1.82, 2.24) is 5.32 Å². The second-order valence-corrected chi connectivity index (χ2v) is 6.36. The Morgan fingerprint density at radius 1 is 1.32 bits per heavy atom. The van der Waals surface area contributed by atoms with E-state index in [0.29, 0.717) is 6.04 Å². The molecule has 3 unspecified atom stereocenters. The van der Waals surface area contributed by atoms with Gasteiger partial charge in [-0.15, -0.1) is 0 Å². The topological polar surface area (TPSA) is 33.7 Å². The van der Waals surface area contributed by atoms with E-state index < -0.39 is 0 Å². The zero-order chi connectivity index (χ0) is 16.1. The Hall–Kier alpha value is -1.26. The first kappa shape index (κ1) is 17.1. The fourth-order valence-electron chi connectivity index (χ4n) is 2.90. The number of methoxy groups -OCH3 is 1. The van der Waals surface area contributed by atoms with Crippen LogP contribution in [0.5, 0.6) is 5.75 Å². The van der Waals surface area contributed by atoms with Crippen molar-refractivity contribution in [2.75, 3.05) is 25.1 Å². The van der Waals surface area contributed by atoms with Crippen LogP contribution in [0.25, 0.3) is 0 Å². The third-order valence-electron chi connectivity index (χ3n) is 4.27. The van der Waals surface area contributed by atoms with Gasteiger partial charge in [0.05, 0.1) is 25.0 Å². The zero-order valence-corrected chi connectivity index (χ0v) is 14.6. The van der Waals surface area contributed by atoms with Crippen LogP contribution in [0.15, 0.2) is 18.2 Å². The Balaban J connectivity index is 2.11. The van der Waals surface area contributed by atoms with Gasteiger partial charge >= 0.3 is 0 Å². The quantitative estimate of drug-likeness (QED) is 0.875. The fourth-order valence-corrected chi connectivity index (χ4v) is 2.90. The summed E-state index contributed by atoms with van der Waals surface area (Å²) in [4.78, 5) is 2.36. The third kappa shape index (κ3) is 4.37. The lowest BCUT2D eigenvalue weighted by Gasteiger charge is -2.37. The molecule has 0 aromatic heterocycles. The molecule has 1 aromatic rings. The molecular formula is C18H30N2O2. The van der Waals surface area contributed by atoms with Crippen LogP contribution in [0.1, 0.15) is 39.7 Å². The molecule has 4 nitrogen and oxygen atoms in total. The molecule has 1 fully saturated rings. The number of hydrogen-bond donors (Lipinski definition) is 1. The Morgan fingerprint density at radius 2 is 2.00 bits per heavy atom. The van der Waals surface area contributed by atoms with Crippen molar-refractivity contribution in [2.45, 2.75) is 58.9 Å². The molecule has 0 aliphatic carbocycles. The molecule has 1 N–H and O–H groups in total. The zero-order valence-electron chi connectivity index (χ0n) is 14.6. The van der Waals surface area contributed by atoms with Gasteiger partial charge in [0.2, 0.25) is 0 Å². The average Bonchev–Trinajstić information content (AvgIpc) is 2.51. The highest BCUT2D eigenvalue weighted by molar-refractivity contribution is 5.60. The van der Waals surface area contributed by atoms with Gasteiger partial charge in [0.1, 0.15) is 5.75 Å². The molecule has 0 amide bonds. The first-order chi connectivity index (χ1) is 10.5. The summed E-state index contributed by atoms with van der Waals surface area (Å²) in [5.41, 5.74) is 2.42. The number of anilines is 1. The summed E-state index contributed by atoms with van der Waals surface area (Å²) >= 11 is 0. The van der Waals surface area contributed by atoms with Crippen LogP contribution in [0.3, 0.4) is 0 Å². The van der Waals surface area contributed by atoms with Crippen LogP contribution in [-0.4, -0.2) is 38.4 Å². The molecular weight excluding hydrogens is 276 g/mol. The maximum atomic E-state index is 5.82. The van der Waals surface area contributed by atoms with Crippen LogP contribution in [0.2, 0.25) is 0 Å². The molecule has 2 rings (SSSR count). The van der Waals surface area contributed by atoms with Gasteiger partial charge in [0.25, 0.3) is 0 Å². The number of rotatable bonds is 6. The average molecular weight is 306 g/mol. The van der Waals surface area contributed by atoms with Gasteiger partial charge in [-0.1, -0.05) is 13.0 Å². The van der Waals surface area contributed by atoms with Crippen molar-refractivity contribution in [3.63, 3.8) is 0 Å². The first-order valence-corrected chi connectivity index (χ1v) is 8.34. The molecule has 1 heterocycles. The van der Waals surface area contributed by atoms with Gasteiger partial charge in [-0.25, -0.2) is 0 Å². The largest absolute Gasteiger partial charge is 0.495 e. The SMILES string of the molecule is CCC(C)NCc1ccc(N2CC(C)OC(C)C2)c(OC)c1. The molecule has 1 aliphatic rings. The molecule has 1 saturated heterocycles. The molecule has 22 heavy (non-hydrogen) atoms. The number of hydrogen-bond acceptors (Lipinski definition) is 4. The van der Waals surface area contributed by atoms with Gasteiger partial charge in [0.15, 0.2) is 0 Å². The Bertz CT molecular complexity index is 468. The molecule has 0 spiro atoms. The van der Waals surface area contributed by atoms with Gasteiger partial charge in [0, 0.05) is 25.7 Å². The van der Waals surface area contributed by atoms with E-state index in [0.717, 1.165) is 37.5 Å². The van der Waals surface area contributed by atoms with E-state index in [1.54, 1.807) is 7.11 Å². The van der Waals surface area contributed by atoms with Gasteiger partial charge in [-0.05, 0) is 44.9 Å². The maximum absolute atomic E-state index is 5.82. The predicted molar refractivity (Wildman–Crippen MR) is 91.8 cm³/mol.